The van der Waals surface area contributed by atoms with Gasteiger partial charge in [0.25, 0.3) is 0 Å². The number of halogens is 1. The van der Waals surface area contributed by atoms with Crippen molar-refractivity contribution in [3.63, 3.8) is 0 Å². The molecule has 2 saturated heterocycles. The number of hydrogen-bond acceptors (Lipinski definition) is 2. The summed E-state index contributed by atoms with van der Waals surface area (Å²) in [5.41, 5.74) is 1.35. The lowest BCUT2D eigenvalue weighted by atomic mass is 9.63. The molecule has 4 fully saturated rings. The van der Waals surface area contributed by atoms with Gasteiger partial charge in [-0.1, -0.05) is 12.1 Å². The van der Waals surface area contributed by atoms with Gasteiger partial charge in [0.1, 0.15) is 5.75 Å². The lowest BCUT2D eigenvalue weighted by Crippen LogP contribution is -2.62. The van der Waals surface area contributed by atoms with Crippen LogP contribution in [0.5, 0.6) is 5.75 Å². The fraction of sp³-hybridized carbons (Fsp3) is 0.647. The first-order chi connectivity index (χ1) is 9.66. The highest BCUT2D eigenvalue weighted by molar-refractivity contribution is 6.23. The largest absolute Gasteiger partial charge is 0.497 e. The van der Waals surface area contributed by atoms with Crippen molar-refractivity contribution in [2.75, 3.05) is 7.11 Å². The molecule has 2 nitrogen and oxygen atoms in total. The molecule has 1 aromatic carbocycles. The fourth-order valence-corrected chi connectivity index (χ4v) is 5.48. The van der Waals surface area contributed by atoms with E-state index in [2.05, 4.69) is 17.0 Å². The van der Waals surface area contributed by atoms with Gasteiger partial charge in [0.2, 0.25) is 0 Å². The van der Waals surface area contributed by atoms with Gasteiger partial charge in [0, 0.05) is 12.6 Å². The van der Waals surface area contributed by atoms with Crippen LogP contribution in [0.4, 0.5) is 0 Å². The smallest absolute Gasteiger partial charge is 0.118 e. The molecule has 2 aliphatic heterocycles. The van der Waals surface area contributed by atoms with Crippen molar-refractivity contribution in [2.45, 2.75) is 49.7 Å². The Morgan fingerprint density at radius 2 is 1.80 bits per heavy atom. The third-order valence-electron chi connectivity index (χ3n) is 5.55. The van der Waals surface area contributed by atoms with Gasteiger partial charge >= 0.3 is 0 Å². The van der Waals surface area contributed by atoms with Gasteiger partial charge in [-0.2, -0.15) is 0 Å². The summed E-state index contributed by atoms with van der Waals surface area (Å²) >= 11 is 7.01. The number of rotatable bonds is 3. The van der Waals surface area contributed by atoms with Crippen molar-refractivity contribution in [1.29, 1.82) is 0 Å². The van der Waals surface area contributed by atoms with Crippen molar-refractivity contribution in [3.05, 3.63) is 29.8 Å². The monoisotopic (exact) mass is 291 g/mol. The summed E-state index contributed by atoms with van der Waals surface area (Å²) in [7, 11) is 1.71. The van der Waals surface area contributed by atoms with E-state index in [4.69, 9.17) is 16.3 Å². The minimum Gasteiger partial charge on any atom is -0.497 e. The van der Waals surface area contributed by atoms with Gasteiger partial charge in [-0.05, 0) is 61.6 Å². The van der Waals surface area contributed by atoms with Crippen LogP contribution in [0.2, 0.25) is 0 Å². The number of nitrogens with zero attached hydrogens (tertiary/aromatic N) is 1. The molecule has 3 heteroatoms. The molecule has 4 aliphatic rings. The van der Waals surface area contributed by atoms with Crippen LogP contribution in [0.25, 0.3) is 0 Å². The van der Waals surface area contributed by atoms with Gasteiger partial charge in [-0.15, -0.1) is 11.6 Å². The van der Waals surface area contributed by atoms with Gasteiger partial charge < -0.3 is 4.74 Å². The molecule has 0 aromatic heterocycles. The Kier molecular flexibility index (Phi) is 3.01. The molecule has 2 aliphatic carbocycles. The van der Waals surface area contributed by atoms with Crippen LogP contribution in [0, 0.1) is 11.8 Å². The lowest BCUT2D eigenvalue weighted by Gasteiger charge is -2.60. The Morgan fingerprint density at radius 3 is 2.35 bits per heavy atom. The molecule has 2 unspecified atom stereocenters. The molecule has 2 atom stereocenters. The van der Waals surface area contributed by atoms with Crippen LogP contribution in [0.1, 0.15) is 37.7 Å². The van der Waals surface area contributed by atoms with Gasteiger partial charge in [0.05, 0.1) is 12.1 Å². The van der Waals surface area contributed by atoms with E-state index in [1.807, 2.05) is 12.1 Å². The van der Waals surface area contributed by atoms with Crippen molar-refractivity contribution in [3.8, 4) is 5.75 Å². The standard InChI is InChI=1S/C17H22ClNO/c1-20-16-4-2-12(3-5-16)11-19-15-7-13-6-14(8-15)10-17(19,18)9-13/h2-5,13-15H,6-11H2,1H3. The van der Waals surface area contributed by atoms with Gasteiger partial charge in [-0.3, -0.25) is 4.90 Å². The number of ether oxygens (including phenoxy) is 1. The average Bonchev–Trinajstić information content (AvgIpc) is 2.42. The first kappa shape index (κ1) is 13.0. The predicted molar refractivity (Wildman–Crippen MR) is 81.0 cm³/mol. The maximum Gasteiger partial charge on any atom is 0.118 e. The van der Waals surface area contributed by atoms with Crippen LogP contribution in [-0.4, -0.2) is 23.0 Å². The SMILES string of the molecule is COc1ccc(CN2C3CC4CC(C3)CC2(Cl)C4)cc1. The molecule has 20 heavy (non-hydrogen) atoms. The molecular formula is C17H22ClNO. The summed E-state index contributed by atoms with van der Waals surface area (Å²) in [5.74, 6) is 2.70. The lowest BCUT2D eigenvalue weighted by molar-refractivity contribution is -0.0857. The summed E-state index contributed by atoms with van der Waals surface area (Å²) in [4.78, 5) is 2.53. The van der Waals surface area contributed by atoms with Crippen LogP contribution < -0.4 is 4.74 Å². The Labute approximate surface area is 126 Å². The number of piperidine rings is 2. The van der Waals surface area contributed by atoms with Crippen molar-refractivity contribution >= 4 is 11.6 Å². The molecule has 2 heterocycles. The second kappa shape index (κ2) is 4.64. The van der Waals surface area contributed by atoms with E-state index < -0.39 is 0 Å². The molecule has 0 amide bonds. The number of benzene rings is 1. The number of alkyl halides is 1. The predicted octanol–water partition coefficient (Wildman–Crippen LogP) is 4.02. The topological polar surface area (TPSA) is 12.5 Å². The Balaban J connectivity index is 1.55. The van der Waals surface area contributed by atoms with Crippen LogP contribution >= 0.6 is 11.6 Å². The van der Waals surface area contributed by atoms with E-state index in [-0.39, 0.29) is 5.00 Å². The maximum absolute atomic E-state index is 7.01. The summed E-state index contributed by atoms with van der Waals surface area (Å²) in [5, 5.41) is 0. The zero-order valence-electron chi connectivity index (χ0n) is 12.0. The molecular weight excluding hydrogens is 270 g/mol. The highest BCUT2D eigenvalue weighted by atomic mass is 35.5. The second-order valence-electron chi connectivity index (χ2n) is 6.90. The van der Waals surface area contributed by atoms with Crippen LogP contribution in [0.15, 0.2) is 24.3 Å². The van der Waals surface area contributed by atoms with Crippen LogP contribution in [0.3, 0.4) is 0 Å². The van der Waals surface area contributed by atoms with E-state index >= 15 is 0 Å². The molecule has 1 aromatic rings. The number of hydrogen-bond donors (Lipinski definition) is 0. The molecule has 4 bridgehead atoms. The average molecular weight is 292 g/mol. The molecule has 0 spiro atoms. The van der Waals surface area contributed by atoms with Crippen molar-refractivity contribution < 1.29 is 4.74 Å². The second-order valence-corrected chi connectivity index (χ2v) is 7.60. The third kappa shape index (κ3) is 2.05. The zero-order chi connectivity index (χ0) is 13.7. The quantitative estimate of drug-likeness (QED) is 0.616. The Bertz CT molecular complexity index is 486. The Morgan fingerprint density at radius 1 is 1.15 bits per heavy atom. The highest BCUT2D eigenvalue weighted by Crippen LogP contribution is 2.56. The molecule has 0 N–H and O–H groups in total. The summed E-state index contributed by atoms with van der Waals surface area (Å²) in [6.45, 7) is 0.984. The minimum absolute atomic E-state index is 0.0608. The maximum atomic E-state index is 7.01. The van der Waals surface area contributed by atoms with E-state index in [9.17, 15) is 0 Å². The van der Waals surface area contributed by atoms with Crippen molar-refractivity contribution in [1.82, 2.24) is 4.90 Å². The van der Waals surface area contributed by atoms with E-state index in [1.165, 1.54) is 37.7 Å². The van der Waals surface area contributed by atoms with E-state index in [0.717, 1.165) is 24.1 Å². The fourth-order valence-electron chi connectivity index (χ4n) is 4.85. The first-order valence-electron chi connectivity index (χ1n) is 7.75. The number of methoxy groups -OCH3 is 1. The molecule has 2 saturated carbocycles. The first-order valence-corrected chi connectivity index (χ1v) is 8.13. The Hall–Kier alpha value is -0.730. The highest BCUT2D eigenvalue weighted by Gasteiger charge is 2.54. The van der Waals surface area contributed by atoms with E-state index in [0.29, 0.717) is 6.04 Å². The van der Waals surface area contributed by atoms with Crippen LogP contribution in [-0.2, 0) is 6.54 Å². The molecule has 0 radical (unpaired) electrons. The van der Waals surface area contributed by atoms with Gasteiger partial charge in [-0.25, -0.2) is 0 Å². The molecule has 5 rings (SSSR count). The minimum atomic E-state index is -0.0608. The summed E-state index contributed by atoms with van der Waals surface area (Å²) < 4.78 is 5.23. The molecule has 108 valence electrons. The zero-order valence-corrected chi connectivity index (χ0v) is 12.8. The van der Waals surface area contributed by atoms with Crippen molar-refractivity contribution in [2.24, 2.45) is 11.8 Å². The summed E-state index contributed by atoms with van der Waals surface area (Å²) in [6.07, 6.45) is 6.54. The normalized spacial score (nSPS) is 39.2. The van der Waals surface area contributed by atoms with E-state index in [1.54, 1.807) is 7.11 Å². The van der Waals surface area contributed by atoms with Gasteiger partial charge in [0.15, 0.2) is 0 Å². The summed E-state index contributed by atoms with van der Waals surface area (Å²) in [6, 6.07) is 9.15. The third-order valence-corrected chi connectivity index (χ3v) is 6.07.